The molecule has 0 radical (unpaired) electrons. The highest BCUT2D eigenvalue weighted by Gasteiger charge is 2.34. The van der Waals surface area contributed by atoms with Crippen LogP contribution >= 0.6 is 11.6 Å². The molecule has 5 nitrogen and oxygen atoms in total. The van der Waals surface area contributed by atoms with E-state index in [-0.39, 0.29) is 18.3 Å². The van der Waals surface area contributed by atoms with Crippen LogP contribution in [0.5, 0.6) is 0 Å². The lowest BCUT2D eigenvalue weighted by atomic mass is 10.2. The molecule has 2 heterocycles. The Bertz CT molecular complexity index is 917. The van der Waals surface area contributed by atoms with E-state index >= 15 is 0 Å². The van der Waals surface area contributed by atoms with Gasteiger partial charge in [-0.25, -0.2) is 0 Å². The van der Waals surface area contributed by atoms with Crippen LogP contribution in [0.4, 0.5) is 13.2 Å². The molecule has 0 spiro atoms. The minimum Gasteiger partial charge on any atom is -0.419 e. The van der Waals surface area contributed by atoms with E-state index in [0.29, 0.717) is 10.6 Å². The van der Waals surface area contributed by atoms with E-state index in [9.17, 15) is 18.0 Å². The molecule has 1 aromatic carbocycles. The van der Waals surface area contributed by atoms with E-state index in [0.717, 1.165) is 16.7 Å². The molecule has 0 fully saturated rings. The average Bonchev–Trinajstić information content (AvgIpc) is 2.97. The zero-order valence-electron chi connectivity index (χ0n) is 11.9. The van der Waals surface area contributed by atoms with Crippen LogP contribution in [-0.2, 0) is 12.7 Å². The molecule has 0 aliphatic carbocycles. The number of rotatable bonds is 3. The number of nitrogens with zero attached hydrogens (tertiary/aromatic N) is 3. The first-order valence-corrected chi connectivity index (χ1v) is 7.07. The van der Waals surface area contributed by atoms with Gasteiger partial charge in [-0.15, -0.1) is 10.2 Å². The van der Waals surface area contributed by atoms with Gasteiger partial charge >= 0.3 is 6.18 Å². The third-order valence-electron chi connectivity index (χ3n) is 3.19. The van der Waals surface area contributed by atoms with Crippen LogP contribution in [0.2, 0.25) is 5.02 Å². The Morgan fingerprint density at radius 3 is 2.50 bits per heavy atom. The van der Waals surface area contributed by atoms with Crippen LogP contribution in [-0.4, -0.2) is 14.8 Å². The molecule has 9 heteroatoms. The first kappa shape index (κ1) is 16.3. The minimum atomic E-state index is -4.72. The molecule has 0 saturated carbocycles. The molecule has 0 saturated heterocycles. The predicted octanol–water partition coefficient (Wildman–Crippen LogP) is 3.62. The van der Waals surface area contributed by atoms with Crippen molar-refractivity contribution < 1.29 is 17.6 Å². The van der Waals surface area contributed by atoms with Gasteiger partial charge in [0.15, 0.2) is 0 Å². The van der Waals surface area contributed by atoms with Crippen molar-refractivity contribution in [2.24, 2.45) is 0 Å². The molecule has 3 aromatic rings. The summed E-state index contributed by atoms with van der Waals surface area (Å²) in [5, 5.41) is 8.10. The lowest BCUT2D eigenvalue weighted by Crippen LogP contribution is -2.28. The largest absolute Gasteiger partial charge is 0.421 e. The minimum absolute atomic E-state index is 0.0152. The third kappa shape index (κ3) is 3.33. The molecule has 0 N–H and O–H groups in total. The summed E-state index contributed by atoms with van der Waals surface area (Å²) in [6.45, 7) is -0.261. The van der Waals surface area contributed by atoms with Crippen molar-refractivity contribution in [1.82, 2.24) is 14.8 Å². The highest BCUT2D eigenvalue weighted by molar-refractivity contribution is 6.30. The van der Waals surface area contributed by atoms with Gasteiger partial charge in [0.25, 0.3) is 5.56 Å². The Kier molecular flexibility index (Phi) is 4.15. The molecule has 0 atom stereocenters. The van der Waals surface area contributed by atoms with E-state index in [1.54, 1.807) is 24.3 Å². The average molecular weight is 356 g/mol. The molecule has 0 bridgehead atoms. The van der Waals surface area contributed by atoms with Crippen molar-refractivity contribution in [3.63, 3.8) is 0 Å². The molecule has 0 aliphatic rings. The number of aromatic nitrogens is 3. The van der Waals surface area contributed by atoms with Crippen molar-refractivity contribution in [3.8, 4) is 11.5 Å². The molecule has 2 aromatic heterocycles. The third-order valence-corrected chi connectivity index (χ3v) is 3.44. The Hall–Kier alpha value is -2.61. The summed E-state index contributed by atoms with van der Waals surface area (Å²) in [5.41, 5.74) is -1.81. The summed E-state index contributed by atoms with van der Waals surface area (Å²) in [5.74, 6) is 0.197. The topological polar surface area (TPSA) is 60.9 Å². The maximum atomic E-state index is 12.8. The summed E-state index contributed by atoms with van der Waals surface area (Å²) in [6.07, 6.45) is -3.49. The maximum absolute atomic E-state index is 12.8. The van der Waals surface area contributed by atoms with Gasteiger partial charge in [-0.1, -0.05) is 11.6 Å². The van der Waals surface area contributed by atoms with Crippen molar-refractivity contribution in [3.05, 3.63) is 69.4 Å². The van der Waals surface area contributed by atoms with E-state index in [1.165, 1.54) is 6.20 Å². The Morgan fingerprint density at radius 1 is 1.12 bits per heavy atom. The van der Waals surface area contributed by atoms with Gasteiger partial charge < -0.3 is 8.98 Å². The van der Waals surface area contributed by atoms with Crippen LogP contribution in [0.25, 0.3) is 11.5 Å². The Balaban J connectivity index is 1.88. The quantitative estimate of drug-likeness (QED) is 0.720. The van der Waals surface area contributed by atoms with Crippen LogP contribution < -0.4 is 5.56 Å². The van der Waals surface area contributed by atoms with Gasteiger partial charge in [0.2, 0.25) is 11.8 Å². The summed E-state index contributed by atoms with van der Waals surface area (Å²) < 4.78 is 44.5. The monoisotopic (exact) mass is 355 g/mol. The SMILES string of the molecule is O=c1c(C(F)(F)F)cccn1Cc1nnc(-c2ccc(Cl)cc2)o1. The molecule has 124 valence electrons. The summed E-state index contributed by atoms with van der Waals surface area (Å²) in [4.78, 5) is 11.9. The van der Waals surface area contributed by atoms with Crippen LogP contribution in [0.1, 0.15) is 11.5 Å². The number of alkyl halides is 3. The maximum Gasteiger partial charge on any atom is 0.421 e. The van der Waals surface area contributed by atoms with Gasteiger partial charge in [-0.05, 0) is 36.4 Å². The van der Waals surface area contributed by atoms with Crippen LogP contribution in [0.3, 0.4) is 0 Å². The second-order valence-electron chi connectivity index (χ2n) is 4.86. The van der Waals surface area contributed by atoms with Crippen molar-refractivity contribution in [2.75, 3.05) is 0 Å². The van der Waals surface area contributed by atoms with Gasteiger partial charge in [0.1, 0.15) is 12.1 Å². The molecule has 0 unspecified atom stereocenters. The van der Waals surface area contributed by atoms with Gasteiger partial charge in [-0.3, -0.25) is 4.79 Å². The first-order valence-electron chi connectivity index (χ1n) is 6.69. The normalized spacial score (nSPS) is 11.7. The predicted molar refractivity (Wildman–Crippen MR) is 79.6 cm³/mol. The molecular weight excluding hydrogens is 347 g/mol. The zero-order valence-corrected chi connectivity index (χ0v) is 12.7. The van der Waals surface area contributed by atoms with E-state index in [4.69, 9.17) is 16.0 Å². The fourth-order valence-electron chi connectivity index (χ4n) is 2.05. The smallest absolute Gasteiger partial charge is 0.419 e. The molecule has 0 aliphatic heterocycles. The molecule has 3 rings (SSSR count). The number of pyridine rings is 1. The van der Waals surface area contributed by atoms with Gasteiger partial charge in [-0.2, -0.15) is 13.2 Å². The zero-order chi connectivity index (χ0) is 17.3. The van der Waals surface area contributed by atoms with Crippen molar-refractivity contribution in [1.29, 1.82) is 0 Å². The van der Waals surface area contributed by atoms with E-state index in [1.807, 2.05) is 0 Å². The van der Waals surface area contributed by atoms with E-state index < -0.39 is 17.3 Å². The molecule has 24 heavy (non-hydrogen) atoms. The fourth-order valence-corrected chi connectivity index (χ4v) is 2.18. The highest BCUT2D eigenvalue weighted by Crippen LogP contribution is 2.26. The van der Waals surface area contributed by atoms with Crippen LogP contribution in [0.15, 0.2) is 51.8 Å². The Morgan fingerprint density at radius 2 is 1.83 bits per heavy atom. The highest BCUT2D eigenvalue weighted by atomic mass is 35.5. The summed E-state index contributed by atoms with van der Waals surface area (Å²) >= 11 is 5.78. The second-order valence-corrected chi connectivity index (χ2v) is 5.30. The molecule has 0 amide bonds. The van der Waals surface area contributed by atoms with Crippen molar-refractivity contribution in [2.45, 2.75) is 12.7 Å². The summed E-state index contributed by atoms with van der Waals surface area (Å²) in [6, 6.07) is 8.47. The number of hydrogen-bond donors (Lipinski definition) is 0. The molecular formula is C15H9ClF3N3O2. The van der Waals surface area contributed by atoms with Crippen LogP contribution in [0, 0.1) is 0 Å². The van der Waals surface area contributed by atoms with Crippen molar-refractivity contribution >= 4 is 11.6 Å². The number of halogens is 4. The number of hydrogen-bond acceptors (Lipinski definition) is 4. The Labute approximate surface area is 138 Å². The lowest BCUT2D eigenvalue weighted by molar-refractivity contribution is -0.138. The first-order chi connectivity index (χ1) is 11.3. The number of benzene rings is 1. The van der Waals surface area contributed by atoms with Gasteiger partial charge in [0.05, 0.1) is 0 Å². The second kappa shape index (κ2) is 6.12. The van der Waals surface area contributed by atoms with E-state index in [2.05, 4.69) is 10.2 Å². The summed E-state index contributed by atoms with van der Waals surface area (Å²) in [7, 11) is 0. The van der Waals surface area contributed by atoms with Gasteiger partial charge in [0, 0.05) is 16.8 Å². The lowest BCUT2D eigenvalue weighted by Gasteiger charge is -2.08. The standard InChI is InChI=1S/C15H9ClF3N3O2/c16-10-5-3-9(4-6-10)13-21-20-12(24-13)8-22-7-1-2-11(14(22)23)15(17,18)19/h1-7H,8H2. The fraction of sp³-hybridized carbons (Fsp3) is 0.133.